The molecule has 1 heterocycles. The van der Waals surface area contributed by atoms with Gasteiger partial charge in [0.15, 0.2) is 0 Å². The lowest BCUT2D eigenvalue weighted by molar-refractivity contribution is -0.141. The van der Waals surface area contributed by atoms with Crippen LogP contribution in [0.2, 0.25) is 5.02 Å². The van der Waals surface area contributed by atoms with Gasteiger partial charge in [-0.2, -0.15) is 0 Å². The number of aromatic nitrogens is 2. The third kappa shape index (κ3) is 4.84. The van der Waals surface area contributed by atoms with Crippen molar-refractivity contribution in [3.63, 3.8) is 0 Å². The Bertz CT molecular complexity index is 682. The summed E-state index contributed by atoms with van der Waals surface area (Å²) in [4.78, 5) is 16.3. The fraction of sp³-hybridized carbons (Fsp3) is 0.474. The highest BCUT2D eigenvalue weighted by Gasteiger charge is 2.17. The number of rotatable bonds is 8. The summed E-state index contributed by atoms with van der Waals surface area (Å²) >= 11 is 6.29. The molecule has 1 aromatic carbocycles. The Hall–Kier alpha value is -1.81. The van der Waals surface area contributed by atoms with Crippen LogP contribution in [-0.2, 0) is 22.5 Å². The molecule has 0 N–H and O–H groups in total. The molecule has 0 fully saturated rings. The number of aryl methyl sites for hydroxylation is 1. The quantitative estimate of drug-likeness (QED) is 0.655. The van der Waals surface area contributed by atoms with E-state index in [1.54, 1.807) is 0 Å². The second-order valence-corrected chi connectivity index (χ2v) is 6.49. The van der Waals surface area contributed by atoms with E-state index in [1.165, 1.54) is 7.11 Å². The monoisotopic (exact) mass is 348 g/mol. The van der Waals surface area contributed by atoms with Crippen molar-refractivity contribution in [2.75, 3.05) is 7.11 Å². The lowest BCUT2D eigenvalue weighted by Gasteiger charge is -2.09. The number of hydrogen-bond acceptors (Lipinski definition) is 3. The van der Waals surface area contributed by atoms with E-state index in [-0.39, 0.29) is 11.9 Å². The number of halogens is 1. The summed E-state index contributed by atoms with van der Waals surface area (Å²) in [5, 5.41) is 0.761. The predicted octanol–water partition coefficient (Wildman–Crippen LogP) is 4.59. The third-order valence-electron chi connectivity index (χ3n) is 4.14. The maximum Gasteiger partial charge on any atom is 0.306 e. The van der Waals surface area contributed by atoms with Gasteiger partial charge in [-0.05, 0) is 18.1 Å². The average molecular weight is 349 g/mol. The number of ether oxygens (including phenoxy) is 1. The highest BCUT2D eigenvalue weighted by molar-refractivity contribution is 6.31. The van der Waals surface area contributed by atoms with Crippen LogP contribution in [0.25, 0.3) is 0 Å². The number of carbonyl (C=O) groups excluding carboxylic acids is 1. The molecule has 0 aliphatic carbocycles. The van der Waals surface area contributed by atoms with Gasteiger partial charge in [0.2, 0.25) is 0 Å². The van der Waals surface area contributed by atoms with Gasteiger partial charge in [0.1, 0.15) is 5.82 Å². The molecule has 0 saturated heterocycles. The molecule has 1 aromatic heterocycles. The second kappa shape index (κ2) is 8.88. The Morgan fingerprint density at radius 1 is 1.38 bits per heavy atom. The van der Waals surface area contributed by atoms with E-state index < -0.39 is 0 Å². The van der Waals surface area contributed by atoms with Gasteiger partial charge in [-0.15, -0.1) is 0 Å². The molecule has 1 atom stereocenters. The molecule has 2 aromatic rings. The van der Waals surface area contributed by atoms with Crippen molar-refractivity contribution in [1.82, 2.24) is 9.55 Å². The maximum atomic E-state index is 11.5. The zero-order valence-electron chi connectivity index (χ0n) is 14.6. The zero-order chi connectivity index (χ0) is 17.5. The van der Waals surface area contributed by atoms with Crippen molar-refractivity contribution < 1.29 is 9.53 Å². The molecule has 0 spiro atoms. The molecular formula is C19H25ClN2O2. The summed E-state index contributed by atoms with van der Waals surface area (Å²) in [5.74, 6) is 0.868. The van der Waals surface area contributed by atoms with Crippen LogP contribution in [0, 0.1) is 0 Å². The lowest BCUT2D eigenvalue weighted by atomic mass is 10.1. The molecule has 2 rings (SSSR count). The molecule has 1 unspecified atom stereocenters. The molecule has 0 saturated carbocycles. The van der Waals surface area contributed by atoms with E-state index >= 15 is 0 Å². The van der Waals surface area contributed by atoms with Gasteiger partial charge in [-0.3, -0.25) is 4.79 Å². The summed E-state index contributed by atoms with van der Waals surface area (Å²) in [6.45, 7) is 4.86. The summed E-state index contributed by atoms with van der Waals surface area (Å²) < 4.78 is 6.92. The van der Waals surface area contributed by atoms with Crippen LogP contribution in [0.5, 0.6) is 0 Å². The SMILES string of the molecule is CCCCc1nc(C(C)CC(=O)OC)cn1Cc1ccccc1Cl. The Labute approximate surface area is 148 Å². The van der Waals surface area contributed by atoms with Crippen molar-refractivity contribution in [2.24, 2.45) is 0 Å². The number of carbonyl (C=O) groups is 1. The Kier molecular flexibility index (Phi) is 6.85. The largest absolute Gasteiger partial charge is 0.469 e. The maximum absolute atomic E-state index is 11.5. The minimum absolute atomic E-state index is 0.0327. The molecular weight excluding hydrogens is 324 g/mol. The number of unbranched alkanes of at least 4 members (excludes halogenated alkanes) is 1. The Balaban J connectivity index is 2.24. The minimum atomic E-state index is -0.210. The van der Waals surface area contributed by atoms with Crippen molar-refractivity contribution in [2.45, 2.75) is 52.0 Å². The van der Waals surface area contributed by atoms with Crippen molar-refractivity contribution in [3.8, 4) is 0 Å². The van der Waals surface area contributed by atoms with E-state index in [0.29, 0.717) is 13.0 Å². The zero-order valence-corrected chi connectivity index (χ0v) is 15.3. The average Bonchev–Trinajstić information content (AvgIpc) is 2.98. The van der Waals surface area contributed by atoms with Gasteiger partial charge >= 0.3 is 5.97 Å². The number of esters is 1. The molecule has 0 radical (unpaired) electrons. The number of nitrogens with zero attached hydrogens (tertiary/aromatic N) is 2. The topological polar surface area (TPSA) is 44.1 Å². The number of methoxy groups -OCH3 is 1. The van der Waals surface area contributed by atoms with Crippen LogP contribution in [0.4, 0.5) is 0 Å². The number of benzene rings is 1. The highest BCUT2D eigenvalue weighted by Crippen LogP contribution is 2.22. The lowest BCUT2D eigenvalue weighted by Crippen LogP contribution is -2.06. The fourth-order valence-electron chi connectivity index (χ4n) is 2.63. The van der Waals surface area contributed by atoms with Crippen molar-refractivity contribution >= 4 is 17.6 Å². The number of hydrogen-bond donors (Lipinski definition) is 0. The van der Waals surface area contributed by atoms with Gasteiger partial charge in [0, 0.05) is 23.6 Å². The second-order valence-electron chi connectivity index (χ2n) is 6.09. The molecule has 0 aliphatic heterocycles. The van der Waals surface area contributed by atoms with Gasteiger partial charge < -0.3 is 9.30 Å². The van der Waals surface area contributed by atoms with Crippen LogP contribution in [0.15, 0.2) is 30.5 Å². The molecule has 0 bridgehead atoms. The first kappa shape index (κ1) is 18.5. The molecule has 24 heavy (non-hydrogen) atoms. The summed E-state index contributed by atoms with van der Waals surface area (Å²) in [6.07, 6.45) is 5.51. The normalized spacial score (nSPS) is 12.2. The summed E-state index contributed by atoms with van der Waals surface area (Å²) in [7, 11) is 1.41. The van der Waals surface area contributed by atoms with Crippen LogP contribution in [0.1, 0.15) is 56.1 Å². The van der Waals surface area contributed by atoms with Gasteiger partial charge in [0.05, 0.1) is 25.8 Å². The molecule has 130 valence electrons. The molecule has 4 nitrogen and oxygen atoms in total. The minimum Gasteiger partial charge on any atom is -0.469 e. The summed E-state index contributed by atoms with van der Waals surface area (Å²) in [6, 6.07) is 7.86. The van der Waals surface area contributed by atoms with E-state index in [2.05, 4.69) is 11.5 Å². The standard InChI is InChI=1S/C19H25ClN2O2/c1-4-5-10-18-21-17(14(2)11-19(23)24-3)13-22(18)12-15-8-6-7-9-16(15)20/h6-9,13-14H,4-5,10-12H2,1-3H3. The van der Waals surface area contributed by atoms with Crippen LogP contribution >= 0.6 is 11.6 Å². The molecule has 5 heteroatoms. The summed E-state index contributed by atoms with van der Waals surface area (Å²) in [5.41, 5.74) is 2.00. The fourth-order valence-corrected chi connectivity index (χ4v) is 2.83. The Morgan fingerprint density at radius 3 is 2.79 bits per heavy atom. The molecule has 0 aliphatic rings. The van der Waals surface area contributed by atoms with E-state index in [9.17, 15) is 4.79 Å². The van der Waals surface area contributed by atoms with Crippen LogP contribution in [-0.4, -0.2) is 22.6 Å². The van der Waals surface area contributed by atoms with E-state index in [4.69, 9.17) is 21.3 Å². The first-order valence-corrected chi connectivity index (χ1v) is 8.79. The Morgan fingerprint density at radius 2 is 2.12 bits per heavy atom. The van der Waals surface area contributed by atoms with Crippen LogP contribution < -0.4 is 0 Å². The predicted molar refractivity (Wildman–Crippen MR) is 96.4 cm³/mol. The first-order valence-electron chi connectivity index (χ1n) is 8.41. The third-order valence-corrected chi connectivity index (χ3v) is 4.50. The van der Waals surface area contributed by atoms with Crippen LogP contribution in [0.3, 0.4) is 0 Å². The molecule has 0 amide bonds. The smallest absolute Gasteiger partial charge is 0.306 e. The van der Waals surface area contributed by atoms with Crippen molar-refractivity contribution in [1.29, 1.82) is 0 Å². The highest BCUT2D eigenvalue weighted by atomic mass is 35.5. The number of imidazole rings is 1. The van der Waals surface area contributed by atoms with Gasteiger partial charge in [-0.1, -0.05) is 50.1 Å². The van der Waals surface area contributed by atoms with Gasteiger partial charge in [0.25, 0.3) is 0 Å². The van der Waals surface area contributed by atoms with Gasteiger partial charge in [-0.25, -0.2) is 4.98 Å². The van der Waals surface area contributed by atoms with E-state index in [1.807, 2.05) is 37.4 Å². The van der Waals surface area contributed by atoms with E-state index in [0.717, 1.165) is 41.4 Å². The first-order chi connectivity index (χ1) is 11.5. The van der Waals surface area contributed by atoms with Crippen molar-refractivity contribution in [3.05, 3.63) is 52.6 Å².